The van der Waals surface area contributed by atoms with Crippen LogP contribution in [0.5, 0.6) is 0 Å². The van der Waals surface area contributed by atoms with E-state index in [1.165, 1.54) is 30.6 Å². The van der Waals surface area contributed by atoms with Gasteiger partial charge in [-0.15, -0.1) is 0 Å². The van der Waals surface area contributed by atoms with Crippen LogP contribution >= 0.6 is 85.3 Å². The van der Waals surface area contributed by atoms with Gasteiger partial charge in [0.25, 0.3) is 0 Å². The third-order valence-electron chi connectivity index (χ3n) is 5.73. The number of benzene rings is 4. The van der Waals surface area contributed by atoms with Crippen molar-refractivity contribution in [3.8, 4) is 15.9 Å². The first kappa shape index (κ1) is 28.6. The summed E-state index contributed by atoms with van der Waals surface area (Å²) < 4.78 is 0. The van der Waals surface area contributed by atoms with Crippen LogP contribution in [0, 0.1) is 0 Å². The first-order valence-corrected chi connectivity index (χ1v) is 37.2. The Morgan fingerprint density at radius 1 is 0.486 bits per heavy atom. The van der Waals surface area contributed by atoms with Gasteiger partial charge in [-0.05, 0) is 61.0 Å². The van der Waals surface area contributed by atoms with Crippen LogP contribution < -0.4 is 5.30 Å². The average Bonchev–Trinajstić information content (AvgIpc) is 3.84. The van der Waals surface area contributed by atoms with E-state index in [1.807, 2.05) is 0 Å². The SMILES string of the molecule is [Pd].c1ccc(P(Pp2[pH]p2-c2ccccc2)P(p2[pH]p2-c2ccccc2)p2[pH]p2-c2ccccc2)cc1. The Hall–Kier alpha value is 1.53. The van der Waals surface area contributed by atoms with Crippen molar-refractivity contribution in [2.45, 2.75) is 0 Å². The van der Waals surface area contributed by atoms with Crippen LogP contribution in [0.4, 0.5) is 0 Å². The van der Waals surface area contributed by atoms with E-state index in [1.54, 1.807) is 21.2 Å². The standard InChI is InChI=1S/C24H24P12.Pd/c1-5-13-21(14-6-1)29-25-33(29)26-32(24-19-11-4-12-20-24)36(34-27-30(34)22-15-7-2-8-16-22)35-28-31(35)23-17-9-3-10-18-23;/h1-20,25-28H;. The molecule has 3 heterocycles. The number of rotatable bonds is 9. The molecule has 0 N–H and O–H groups in total. The second kappa shape index (κ2) is 13.2. The molecule has 37 heavy (non-hydrogen) atoms. The van der Waals surface area contributed by atoms with Gasteiger partial charge in [-0.2, -0.15) is 0 Å². The number of hydrogen-bond donors (Lipinski definition) is 0. The van der Waals surface area contributed by atoms with Crippen LogP contribution in [0.15, 0.2) is 121 Å². The van der Waals surface area contributed by atoms with Gasteiger partial charge in [-0.25, -0.2) is 0 Å². The zero-order valence-corrected chi connectivity index (χ0v) is 32.2. The predicted octanol–water partition coefficient (Wildman–Crippen LogP) is 15.2. The van der Waals surface area contributed by atoms with Crippen LogP contribution in [0.25, 0.3) is 15.9 Å². The first-order valence-electron chi connectivity index (χ1n) is 11.5. The monoisotopic (exact) mass is 790 g/mol. The van der Waals surface area contributed by atoms with Crippen molar-refractivity contribution in [3.63, 3.8) is 0 Å². The van der Waals surface area contributed by atoms with Crippen molar-refractivity contribution in [1.82, 2.24) is 0 Å². The van der Waals surface area contributed by atoms with Gasteiger partial charge < -0.3 is 0 Å². The van der Waals surface area contributed by atoms with Gasteiger partial charge in [0.15, 0.2) is 0 Å². The molecule has 13 heteroatoms. The van der Waals surface area contributed by atoms with E-state index in [9.17, 15) is 0 Å². The van der Waals surface area contributed by atoms with Gasteiger partial charge in [-0.3, -0.25) is 0 Å². The third kappa shape index (κ3) is 6.79. The Balaban J connectivity index is 0.00000252. The summed E-state index contributed by atoms with van der Waals surface area (Å²) in [6.45, 7) is 1.63. The van der Waals surface area contributed by atoms with E-state index in [2.05, 4.69) is 121 Å². The molecule has 0 aliphatic heterocycles. The summed E-state index contributed by atoms with van der Waals surface area (Å²) in [4.78, 5) is 0. The van der Waals surface area contributed by atoms with E-state index >= 15 is 0 Å². The van der Waals surface area contributed by atoms with Crippen LogP contribution in [-0.4, -0.2) is 0 Å². The quantitative estimate of drug-likeness (QED) is 0.101. The number of hydrogen-bond acceptors (Lipinski definition) is 0. The van der Waals surface area contributed by atoms with Gasteiger partial charge in [-0.1, -0.05) is 144 Å². The predicted molar refractivity (Wildman–Crippen MR) is 193 cm³/mol. The van der Waals surface area contributed by atoms with Crippen LogP contribution in [0.1, 0.15) is 0 Å². The van der Waals surface area contributed by atoms with Gasteiger partial charge in [0.2, 0.25) is 0 Å². The average molecular weight is 791 g/mol. The maximum Gasteiger partial charge on any atom is 0.0424 e. The van der Waals surface area contributed by atoms with Gasteiger partial charge in [0.05, 0.1) is 0 Å². The molecule has 0 saturated carbocycles. The van der Waals surface area contributed by atoms with E-state index in [4.69, 9.17) is 0 Å². The minimum absolute atomic E-state index is 0. The smallest absolute Gasteiger partial charge is 0.0424 e. The molecule has 3 aromatic heterocycles. The molecule has 0 saturated heterocycles. The van der Waals surface area contributed by atoms with E-state index in [0.717, 1.165) is 0 Å². The summed E-state index contributed by atoms with van der Waals surface area (Å²) in [5, 5.41) is 6.94. The largest absolute Gasteiger partial charge is 0.0810 e. The molecule has 0 spiro atoms. The zero-order valence-electron chi connectivity index (χ0n) is 19.4. The molecule has 7 rings (SSSR count). The van der Waals surface area contributed by atoms with E-state index in [-0.39, 0.29) is 68.5 Å². The Labute approximate surface area is 246 Å². The summed E-state index contributed by atoms with van der Waals surface area (Å²) in [5.74, 6) is 0. The topological polar surface area (TPSA) is 0 Å². The van der Waals surface area contributed by atoms with Crippen LogP contribution in [0.3, 0.4) is 0 Å². The molecular formula is C24H24P12Pd. The summed E-state index contributed by atoms with van der Waals surface area (Å²) >= 11 is 0. The van der Waals surface area contributed by atoms with Crippen molar-refractivity contribution < 1.29 is 20.4 Å². The van der Waals surface area contributed by atoms with Gasteiger partial charge >= 0.3 is 0 Å². The minimum Gasteiger partial charge on any atom is -0.0810 e. The summed E-state index contributed by atoms with van der Waals surface area (Å²) in [6, 6.07) is 47.0. The minimum atomic E-state index is 0. The molecular weight excluding hydrogens is 766 g/mol. The molecule has 11 unspecified atom stereocenters. The normalized spacial score (nSPS) is 17.0. The van der Waals surface area contributed by atoms with Crippen LogP contribution in [0.2, 0.25) is 0 Å². The second-order valence-corrected chi connectivity index (χ2v) is 67.9. The molecule has 0 amide bonds. The molecule has 0 aliphatic rings. The molecule has 0 fully saturated rings. The molecule has 7 aromatic rings. The molecule has 0 aliphatic carbocycles. The maximum absolute atomic E-state index is 2.54. The van der Waals surface area contributed by atoms with Crippen molar-refractivity contribution in [2.75, 3.05) is 0 Å². The van der Waals surface area contributed by atoms with E-state index in [0.29, 0.717) is 6.58 Å². The van der Waals surface area contributed by atoms with Crippen molar-refractivity contribution in [1.29, 1.82) is 0 Å². The fourth-order valence-electron chi connectivity index (χ4n) is 3.83. The Morgan fingerprint density at radius 2 is 0.892 bits per heavy atom. The Kier molecular flexibility index (Phi) is 10.2. The summed E-state index contributed by atoms with van der Waals surface area (Å²) in [7, 11) is 5.21. The van der Waals surface area contributed by atoms with Crippen molar-refractivity contribution in [3.05, 3.63) is 121 Å². The van der Waals surface area contributed by atoms with Crippen molar-refractivity contribution in [2.24, 2.45) is 0 Å². The van der Waals surface area contributed by atoms with Crippen LogP contribution in [-0.2, 0) is 20.4 Å². The summed E-state index contributed by atoms with van der Waals surface area (Å²) in [6.07, 6.45) is 0. The van der Waals surface area contributed by atoms with E-state index < -0.39 is 0 Å². The zero-order chi connectivity index (χ0) is 23.9. The van der Waals surface area contributed by atoms with Gasteiger partial charge in [0.1, 0.15) is 0 Å². The molecule has 4 aromatic carbocycles. The van der Waals surface area contributed by atoms with Crippen molar-refractivity contribution >= 4 is 90.6 Å². The molecule has 0 bridgehead atoms. The third-order valence-corrected chi connectivity index (χ3v) is 105. The maximum atomic E-state index is 2.54. The summed E-state index contributed by atoms with van der Waals surface area (Å²) in [5.41, 5.74) is 0. The Bertz CT molecular complexity index is 1550. The fraction of sp³-hybridized carbons (Fsp3) is 0. The first-order chi connectivity index (χ1) is 17.9. The molecule has 190 valence electrons. The molecule has 0 nitrogen and oxygen atoms in total. The molecule has 0 radical (unpaired) electrons. The fourth-order valence-corrected chi connectivity index (χ4v) is 181. The van der Waals surface area contributed by atoms with Gasteiger partial charge in [0, 0.05) is 43.3 Å². The molecule has 11 atom stereocenters. The second-order valence-electron chi connectivity index (χ2n) is 8.15. The Morgan fingerprint density at radius 3 is 1.35 bits per heavy atom.